The van der Waals surface area contributed by atoms with E-state index in [2.05, 4.69) is 41.3 Å². The zero-order chi connectivity index (χ0) is 10.5. The van der Waals surface area contributed by atoms with E-state index in [1.807, 2.05) is 6.21 Å². The largest absolute Gasteiger partial charge is 0.266 e. The second kappa shape index (κ2) is 4.96. The maximum Gasteiger partial charge on any atom is 0.0594 e. The van der Waals surface area contributed by atoms with Crippen molar-refractivity contribution in [3.8, 4) is 0 Å². The molecule has 15 heavy (non-hydrogen) atoms. The van der Waals surface area contributed by atoms with Gasteiger partial charge >= 0.3 is 0 Å². The molecular formula is C13H18N2. The highest BCUT2D eigenvalue weighted by atomic mass is 15.5. The first-order valence-corrected chi connectivity index (χ1v) is 5.79. The van der Waals surface area contributed by atoms with Crippen molar-refractivity contribution in [2.24, 2.45) is 5.10 Å². The van der Waals surface area contributed by atoms with E-state index in [1.54, 1.807) is 0 Å². The molecule has 0 amide bonds. The van der Waals surface area contributed by atoms with E-state index in [0.717, 1.165) is 13.0 Å². The van der Waals surface area contributed by atoms with Crippen LogP contribution in [-0.4, -0.2) is 12.8 Å². The second-order valence-electron chi connectivity index (χ2n) is 3.98. The molecule has 0 unspecified atom stereocenters. The summed E-state index contributed by atoms with van der Waals surface area (Å²) in [6, 6.07) is 8.79. The molecule has 0 N–H and O–H groups in total. The van der Waals surface area contributed by atoms with Crippen LogP contribution in [0.25, 0.3) is 0 Å². The Kier molecular flexibility index (Phi) is 3.38. The average Bonchev–Trinajstić information content (AvgIpc) is 2.80. The summed E-state index contributed by atoms with van der Waals surface area (Å²) in [5, 5.41) is 6.37. The van der Waals surface area contributed by atoms with Crippen LogP contribution in [-0.2, 0) is 6.42 Å². The Labute approximate surface area is 91.6 Å². The highest BCUT2D eigenvalue weighted by molar-refractivity contribution is 5.65. The molecule has 1 heterocycles. The van der Waals surface area contributed by atoms with Crippen molar-refractivity contribution in [3.63, 3.8) is 0 Å². The molecule has 2 heteroatoms. The fraction of sp³-hybridized carbons (Fsp3) is 0.462. The van der Waals surface area contributed by atoms with Crippen LogP contribution < -0.4 is 5.01 Å². The summed E-state index contributed by atoms with van der Waals surface area (Å²) in [4.78, 5) is 0. The Bertz CT molecular complexity index is 327. The maximum atomic E-state index is 4.31. The third kappa shape index (κ3) is 2.58. The summed E-state index contributed by atoms with van der Waals surface area (Å²) in [7, 11) is 0. The first-order chi connectivity index (χ1) is 7.40. The third-order valence-corrected chi connectivity index (χ3v) is 2.74. The van der Waals surface area contributed by atoms with Gasteiger partial charge in [-0.05, 0) is 30.5 Å². The highest BCUT2D eigenvalue weighted by Gasteiger charge is 2.07. The lowest BCUT2D eigenvalue weighted by Crippen LogP contribution is -2.11. The molecule has 0 aliphatic carbocycles. The van der Waals surface area contributed by atoms with E-state index < -0.39 is 0 Å². The molecule has 80 valence electrons. The monoisotopic (exact) mass is 202 g/mol. The van der Waals surface area contributed by atoms with Crippen LogP contribution in [0.4, 0.5) is 5.69 Å². The number of unbranched alkanes of at least 4 members (excludes halogenated alkanes) is 1. The summed E-state index contributed by atoms with van der Waals surface area (Å²) in [6.45, 7) is 3.25. The summed E-state index contributed by atoms with van der Waals surface area (Å²) in [5.41, 5.74) is 2.65. The third-order valence-electron chi connectivity index (χ3n) is 2.74. The van der Waals surface area contributed by atoms with Gasteiger partial charge in [0.15, 0.2) is 0 Å². The van der Waals surface area contributed by atoms with Crippen LogP contribution in [0.15, 0.2) is 29.4 Å². The van der Waals surface area contributed by atoms with E-state index in [9.17, 15) is 0 Å². The quantitative estimate of drug-likeness (QED) is 0.732. The zero-order valence-electron chi connectivity index (χ0n) is 9.32. The first-order valence-electron chi connectivity index (χ1n) is 5.79. The number of hydrazone groups is 1. The molecule has 0 fully saturated rings. The van der Waals surface area contributed by atoms with Crippen molar-refractivity contribution in [1.29, 1.82) is 0 Å². The van der Waals surface area contributed by atoms with Crippen LogP contribution in [0.5, 0.6) is 0 Å². The summed E-state index contributed by atoms with van der Waals surface area (Å²) in [5.74, 6) is 0. The number of rotatable bonds is 4. The van der Waals surface area contributed by atoms with Gasteiger partial charge in [0.2, 0.25) is 0 Å². The lowest BCUT2D eigenvalue weighted by molar-refractivity contribution is 0.794. The SMILES string of the molecule is CCCCc1ccc(N2CCC=N2)cc1. The topological polar surface area (TPSA) is 15.6 Å². The normalized spacial score (nSPS) is 14.9. The molecule has 0 bridgehead atoms. The molecular weight excluding hydrogens is 184 g/mol. The van der Waals surface area contributed by atoms with Crippen molar-refractivity contribution in [3.05, 3.63) is 29.8 Å². The van der Waals surface area contributed by atoms with E-state index in [-0.39, 0.29) is 0 Å². The number of anilines is 1. The fourth-order valence-corrected chi connectivity index (χ4v) is 1.81. The molecule has 2 rings (SSSR count). The summed E-state index contributed by atoms with van der Waals surface area (Å²) < 4.78 is 0. The first kappa shape index (κ1) is 10.2. The second-order valence-corrected chi connectivity index (χ2v) is 3.98. The van der Waals surface area contributed by atoms with Crippen molar-refractivity contribution < 1.29 is 0 Å². The molecule has 0 saturated carbocycles. The lowest BCUT2D eigenvalue weighted by atomic mass is 10.1. The van der Waals surface area contributed by atoms with Crippen LogP contribution >= 0.6 is 0 Å². The van der Waals surface area contributed by atoms with Gasteiger partial charge in [0.25, 0.3) is 0 Å². The maximum absolute atomic E-state index is 4.31. The van der Waals surface area contributed by atoms with Crippen LogP contribution in [0, 0.1) is 0 Å². The van der Waals surface area contributed by atoms with Gasteiger partial charge in [-0.2, -0.15) is 5.10 Å². The van der Waals surface area contributed by atoms with Crippen molar-refractivity contribution in [1.82, 2.24) is 0 Å². The van der Waals surface area contributed by atoms with Gasteiger partial charge in [-0.3, -0.25) is 5.01 Å². The minimum absolute atomic E-state index is 1.02. The number of aryl methyl sites for hydroxylation is 1. The Balaban J connectivity index is 2.00. The molecule has 0 atom stereocenters. The smallest absolute Gasteiger partial charge is 0.0594 e. The number of hydrogen-bond donors (Lipinski definition) is 0. The molecule has 1 aliphatic heterocycles. The minimum Gasteiger partial charge on any atom is -0.266 e. The van der Waals surface area contributed by atoms with E-state index in [4.69, 9.17) is 0 Å². The average molecular weight is 202 g/mol. The predicted molar refractivity (Wildman–Crippen MR) is 65.5 cm³/mol. The predicted octanol–water partition coefficient (Wildman–Crippen LogP) is 3.23. The van der Waals surface area contributed by atoms with E-state index >= 15 is 0 Å². The van der Waals surface area contributed by atoms with Gasteiger partial charge in [-0.15, -0.1) is 0 Å². The van der Waals surface area contributed by atoms with Gasteiger partial charge in [-0.25, -0.2) is 0 Å². The number of nitrogens with zero attached hydrogens (tertiary/aromatic N) is 2. The molecule has 0 aromatic heterocycles. The van der Waals surface area contributed by atoms with Crippen molar-refractivity contribution in [2.45, 2.75) is 32.6 Å². The van der Waals surface area contributed by atoms with Crippen molar-refractivity contribution >= 4 is 11.9 Å². The van der Waals surface area contributed by atoms with Gasteiger partial charge < -0.3 is 0 Å². The molecule has 1 aromatic carbocycles. The highest BCUT2D eigenvalue weighted by Crippen LogP contribution is 2.18. The van der Waals surface area contributed by atoms with Crippen LogP contribution in [0.1, 0.15) is 31.7 Å². The summed E-state index contributed by atoms with van der Waals surface area (Å²) in [6.07, 6.45) is 6.78. The van der Waals surface area contributed by atoms with E-state index in [1.165, 1.54) is 30.5 Å². The van der Waals surface area contributed by atoms with Gasteiger partial charge in [0.1, 0.15) is 0 Å². The molecule has 0 radical (unpaired) electrons. The fourth-order valence-electron chi connectivity index (χ4n) is 1.81. The van der Waals surface area contributed by atoms with Gasteiger partial charge in [0, 0.05) is 19.2 Å². The minimum atomic E-state index is 1.02. The van der Waals surface area contributed by atoms with Crippen LogP contribution in [0.3, 0.4) is 0 Å². The van der Waals surface area contributed by atoms with E-state index in [0.29, 0.717) is 0 Å². The molecule has 2 nitrogen and oxygen atoms in total. The van der Waals surface area contributed by atoms with Crippen LogP contribution in [0.2, 0.25) is 0 Å². The molecule has 0 saturated heterocycles. The number of hydrogen-bond acceptors (Lipinski definition) is 2. The summed E-state index contributed by atoms with van der Waals surface area (Å²) >= 11 is 0. The van der Waals surface area contributed by atoms with Crippen molar-refractivity contribution in [2.75, 3.05) is 11.6 Å². The Morgan fingerprint density at radius 1 is 1.27 bits per heavy atom. The zero-order valence-corrected chi connectivity index (χ0v) is 9.32. The van der Waals surface area contributed by atoms with Gasteiger partial charge in [-0.1, -0.05) is 25.5 Å². The molecule has 0 spiro atoms. The van der Waals surface area contributed by atoms with Gasteiger partial charge in [0.05, 0.1) is 5.69 Å². The molecule has 1 aliphatic rings. The Morgan fingerprint density at radius 3 is 2.67 bits per heavy atom. The molecule has 1 aromatic rings. The Hall–Kier alpha value is -1.31. The lowest BCUT2D eigenvalue weighted by Gasteiger charge is -2.13. The number of benzene rings is 1. The Morgan fingerprint density at radius 2 is 2.07 bits per heavy atom. The standard InChI is InChI=1S/C13H18N2/c1-2-3-5-12-6-8-13(9-7-12)15-11-4-10-14-15/h6-10H,2-5,11H2,1H3.